The summed E-state index contributed by atoms with van der Waals surface area (Å²) in [6.07, 6.45) is 0.0169. The smallest absolute Gasteiger partial charge is 0.313 e. The molecule has 1 aromatic rings. The van der Waals surface area contributed by atoms with E-state index in [0.29, 0.717) is 6.42 Å². The van der Waals surface area contributed by atoms with E-state index in [-0.39, 0.29) is 11.9 Å². The highest BCUT2D eigenvalue weighted by Gasteiger charge is 2.25. The maximum atomic E-state index is 11.7. The Morgan fingerprint density at radius 2 is 1.71 bits per heavy atom. The van der Waals surface area contributed by atoms with Gasteiger partial charge in [-0.3, -0.25) is 4.79 Å². The SMILES string of the molecule is COC(=O)[C@@H](CC(OC)OC)c1ccccc1. The quantitative estimate of drug-likeness (QED) is 0.561. The monoisotopic (exact) mass is 238 g/mol. The molecule has 1 aromatic carbocycles. The zero-order valence-corrected chi connectivity index (χ0v) is 10.4. The van der Waals surface area contributed by atoms with Gasteiger partial charge in [-0.25, -0.2) is 0 Å². The van der Waals surface area contributed by atoms with Crippen LogP contribution < -0.4 is 0 Å². The lowest BCUT2D eigenvalue weighted by Crippen LogP contribution is -2.23. The number of hydrogen-bond donors (Lipinski definition) is 0. The van der Waals surface area contributed by atoms with Crippen molar-refractivity contribution in [1.82, 2.24) is 0 Å². The Kier molecular flexibility index (Phi) is 5.66. The summed E-state index contributed by atoms with van der Waals surface area (Å²) in [7, 11) is 4.48. The number of rotatable bonds is 6. The second-order valence-corrected chi connectivity index (χ2v) is 3.62. The van der Waals surface area contributed by atoms with E-state index in [0.717, 1.165) is 5.56 Å². The van der Waals surface area contributed by atoms with Gasteiger partial charge < -0.3 is 14.2 Å². The molecule has 0 N–H and O–H groups in total. The molecule has 0 bridgehead atoms. The second-order valence-electron chi connectivity index (χ2n) is 3.62. The summed E-state index contributed by atoms with van der Waals surface area (Å²) < 4.78 is 15.0. The molecule has 0 unspecified atom stereocenters. The predicted molar refractivity (Wildman–Crippen MR) is 63.6 cm³/mol. The summed E-state index contributed by atoms with van der Waals surface area (Å²) in [6.45, 7) is 0. The molecule has 1 rings (SSSR count). The average molecular weight is 238 g/mol. The molecule has 1 atom stereocenters. The maximum Gasteiger partial charge on any atom is 0.313 e. The van der Waals surface area contributed by atoms with Crippen LogP contribution in [0.2, 0.25) is 0 Å². The first-order chi connectivity index (χ1) is 8.22. The Morgan fingerprint density at radius 1 is 1.12 bits per heavy atom. The summed E-state index contributed by atoms with van der Waals surface area (Å²) in [6, 6.07) is 9.47. The second kappa shape index (κ2) is 7.04. The van der Waals surface area contributed by atoms with E-state index in [9.17, 15) is 4.79 Å². The minimum Gasteiger partial charge on any atom is -0.469 e. The normalized spacial score (nSPS) is 12.5. The molecule has 17 heavy (non-hydrogen) atoms. The highest BCUT2D eigenvalue weighted by atomic mass is 16.7. The first-order valence-corrected chi connectivity index (χ1v) is 5.41. The van der Waals surface area contributed by atoms with Gasteiger partial charge in [0.25, 0.3) is 0 Å². The van der Waals surface area contributed by atoms with Crippen molar-refractivity contribution in [1.29, 1.82) is 0 Å². The van der Waals surface area contributed by atoms with Crippen LogP contribution in [0.3, 0.4) is 0 Å². The van der Waals surface area contributed by atoms with Crippen molar-refractivity contribution < 1.29 is 19.0 Å². The van der Waals surface area contributed by atoms with Crippen LogP contribution in [0.4, 0.5) is 0 Å². The van der Waals surface area contributed by atoms with Gasteiger partial charge in [-0.15, -0.1) is 0 Å². The van der Waals surface area contributed by atoms with Crippen molar-refractivity contribution in [3.63, 3.8) is 0 Å². The minimum atomic E-state index is -0.417. The molecule has 0 amide bonds. The van der Waals surface area contributed by atoms with Gasteiger partial charge in [-0.1, -0.05) is 30.3 Å². The Balaban J connectivity index is 2.85. The van der Waals surface area contributed by atoms with Gasteiger partial charge in [0, 0.05) is 20.6 Å². The van der Waals surface area contributed by atoms with Crippen LogP contribution >= 0.6 is 0 Å². The lowest BCUT2D eigenvalue weighted by Gasteiger charge is -2.20. The molecule has 0 aliphatic rings. The van der Waals surface area contributed by atoms with Crippen LogP contribution in [0, 0.1) is 0 Å². The Labute approximate surface area is 101 Å². The zero-order valence-electron chi connectivity index (χ0n) is 10.4. The maximum absolute atomic E-state index is 11.7. The van der Waals surface area contributed by atoms with Crippen molar-refractivity contribution >= 4 is 5.97 Å². The number of carbonyl (C=O) groups excluding carboxylic acids is 1. The summed E-state index contributed by atoms with van der Waals surface area (Å²) >= 11 is 0. The number of carbonyl (C=O) groups is 1. The van der Waals surface area contributed by atoms with Crippen molar-refractivity contribution in [2.45, 2.75) is 18.6 Å². The fraction of sp³-hybridized carbons (Fsp3) is 0.462. The van der Waals surface area contributed by atoms with E-state index in [2.05, 4.69) is 0 Å². The predicted octanol–water partition coefficient (Wildman–Crippen LogP) is 1.95. The largest absolute Gasteiger partial charge is 0.469 e. The topological polar surface area (TPSA) is 44.8 Å². The average Bonchev–Trinajstić information content (AvgIpc) is 2.40. The van der Waals surface area contributed by atoms with Crippen molar-refractivity contribution in [2.75, 3.05) is 21.3 Å². The standard InChI is InChI=1S/C13H18O4/c1-15-12(16-2)9-11(13(14)17-3)10-7-5-4-6-8-10/h4-8,11-12H,9H2,1-3H3/t11-/m0/s1. The summed E-state index contributed by atoms with van der Waals surface area (Å²) in [4.78, 5) is 11.7. The van der Waals surface area contributed by atoms with Gasteiger partial charge >= 0.3 is 5.97 Å². The van der Waals surface area contributed by atoms with Gasteiger partial charge in [0.15, 0.2) is 6.29 Å². The van der Waals surface area contributed by atoms with Gasteiger partial charge in [0.1, 0.15) is 0 Å². The van der Waals surface area contributed by atoms with E-state index in [1.165, 1.54) is 7.11 Å². The van der Waals surface area contributed by atoms with Crippen LogP contribution in [-0.2, 0) is 19.0 Å². The third kappa shape index (κ3) is 3.84. The molecule has 0 aliphatic heterocycles. The first kappa shape index (κ1) is 13.7. The molecule has 94 valence electrons. The van der Waals surface area contributed by atoms with Crippen molar-refractivity contribution in [3.8, 4) is 0 Å². The van der Waals surface area contributed by atoms with Gasteiger partial charge in [0.2, 0.25) is 0 Å². The molecule has 0 saturated heterocycles. The number of ether oxygens (including phenoxy) is 3. The Bertz CT molecular complexity index is 333. The number of benzene rings is 1. The minimum absolute atomic E-state index is 0.282. The third-order valence-corrected chi connectivity index (χ3v) is 2.64. The molecule has 0 spiro atoms. The fourth-order valence-electron chi connectivity index (χ4n) is 1.68. The molecular formula is C13H18O4. The highest BCUT2D eigenvalue weighted by molar-refractivity contribution is 5.78. The number of hydrogen-bond acceptors (Lipinski definition) is 4. The summed E-state index contributed by atoms with van der Waals surface area (Å²) in [5, 5.41) is 0. The molecule has 0 fully saturated rings. The van der Waals surface area contributed by atoms with Crippen molar-refractivity contribution in [3.05, 3.63) is 35.9 Å². The van der Waals surface area contributed by atoms with Crippen LogP contribution in [0.5, 0.6) is 0 Å². The first-order valence-electron chi connectivity index (χ1n) is 5.41. The van der Waals surface area contributed by atoms with Gasteiger partial charge in [0.05, 0.1) is 13.0 Å². The molecule has 4 heteroatoms. The highest BCUT2D eigenvalue weighted by Crippen LogP contribution is 2.23. The Hall–Kier alpha value is -1.39. The molecular weight excluding hydrogens is 220 g/mol. The summed E-state index contributed by atoms with van der Waals surface area (Å²) in [5.74, 6) is -0.651. The van der Waals surface area contributed by atoms with E-state index in [1.807, 2.05) is 30.3 Å². The fourth-order valence-corrected chi connectivity index (χ4v) is 1.68. The molecule has 0 aromatic heterocycles. The van der Waals surface area contributed by atoms with E-state index in [1.54, 1.807) is 14.2 Å². The molecule has 4 nitrogen and oxygen atoms in total. The van der Waals surface area contributed by atoms with Gasteiger partial charge in [-0.05, 0) is 5.56 Å². The molecule has 0 aliphatic carbocycles. The van der Waals surface area contributed by atoms with Crippen molar-refractivity contribution in [2.24, 2.45) is 0 Å². The summed E-state index contributed by atoms with van der Waals surface area (Å²) in [5.41, 5.74) is 0.901. The Morgan fingerprint density at radius 3 is 2.18 bits per heavy atom. The number of esters is 1. The lowest BCUT2D eigenvalue weighted by atomic mass is 9.95. The number of methoxy groups -OCH3 is 3. The van der Waals surface area contributed by atoms with Gasteiger partial charge in [-0.2, -0.15) is 0 Å². The van der Waals surface area contributed by atoms with E-state index < -0.39 is 6.29 Å². The lowest BCUT2D eigenvalue weighted by molar-refractivity contribution is -0.149. The van der Waals surface area contributed by atoms with Crippen LogP contribution in [-0.4, -0.2) is 33.6 Å². The molecule has 0 saturated carbocycles. The van der Waals surface area contributed by atoms with E-state index in [4.69, 9.17) is 14.2 Å². The van der Waals surface area contributed by atoms with Crippen LogP contribution in [0.25, 0.3) is 0 Å². The zero-order chi connectivity index (χ0) is 12.7. The van der Waals surface area contributed by atoms with E-state index >= 15 is 0 Å². The molecule has 0 heterocycles. The third-order valence-electron chi connectivity index (χ3n) is 2.64. The van der Waals surface area contributed by atoms with Crippen LogP contribution in [0.1, 0.15) is 17.9 Å². The molecule has 0 radical (unpaired) electrons. The van der Waals surface area contributed by atoms with Crippen LogP contribution in [0.15, 0.2) is 30.3 Å².